The van der Waals surface area contributed by atoms with Gasteiger partial charge in [0.25, 0.3) is 0 Å². The molecule has 1 aromatic rings. The van der Waals surface area contributed by atoms with Gasteiger partial charge >= 0.3 is 0 Å². The number of rotatable bonds is 5. The van der Waals surface area contributed by atoms with Gasteiger partial charge in [0.1, 0.15) is 0 Å². The zero-order valence-corrected chi connectivity index (χ0v) is 12.2. The molecule has 1 fully saturated rings. The van der Waals surface area contributed by atoms with Crippen molar-refractivity contribution in [3.8, 4) is 0 Å². The first-order valence-corrected chi connectivity index (χ1v) is 7.39. The van der Waals surface area contributed by atoms with E-state index in [4.69, 9.17) is 23.2 Å². The average molecular weight is 301 g/mol. The lowest BCUT2D eigenvalue weighted by Gasteiger charge is -2.12. The third-order valence-corrected chi connectivity index (χ3v) is 4.00. The van der Waals surface area contributed by atoms with Crippen LogP contribution in [0.25, 0.3) is 0 Å². The quantitative estimate of drug-likeness (QED) is 0.867. The first-order chi connectivity index (χ1) is 9.16. The van der Waals surface area contributed by atoms with Gasteiger partial charge in [0.2, 0.25) is 5.91 Å². The Bertz CT molecular complexity index is 425. The van der Waals surface area contributed by atoms with Crippen LogP contribution in [0.15, 0.2) is 18.2 Å². The van der Waals surface area contributed by atoms with Crippen molar-refractivity contribution in [2.75, 3.05) is 11.9 Å². The van der Waals surface area contributed by atoms with E-state index in [1.54, 1.807) is 18.2 Å². The number of nitrogens with one attached hydrogen (secondary N) is 2. The van der Waals surface area contributed by atoms with Gasteiger partial charge in [-0.3, -0.25) is 4.79 Å². The number of halogens is 2. The summed E-state index contributed by atoms with van der Waals surface area (Å²) in [5.74, 6) is -0.0690. The fraction of sp³-hybridized carbons (Fsp3) is 0.500. The molecule has 0 spiro atoms. The first-order valence-electron chi connectivity index (χ1n) is 6.64. The van der Waals surface area contributed by atoms with Gasteiger partial charge in [0.05, 0.1) is 15.7 Å². The number of carbonyl (C=O) groups is 1. The normalized spacial score (nSPS) is 15.7. The fourth-order valence-corrected chi connectivity index (χ4v) is 2.83. The molecule has 19 heavy (non-hydrogen) atoms. The second-order valence-electron chi connectivity index (χ2n) is 4.83. The van der Waals surface area contributed by atoms with Gasteiger partial charge < -0.3 is 10.6 Å². The maximum absolute atomic E-state index is 11.8. The Morgan fingerprint density at radius 1 is 1.21 bits per heavy atom. The lowest BCUT2D eigenvalue weighted by molar-refractivity contribution is -0.116. The van der Waals surface area contributed by atoms with Crippen LogP contribution in [0.4, 0.5) is 5.69 Å². The number of hydrogen-bond acceptors (Lipinski definition) is 2. The monoisotopic (exact) mass is 300 g/mol. The standard InChI is InChI=1S/C14H18Cl2N2O/c15-11-6-3-7-12(16)14(11)18-13(19)8-9-17-10-4-1-2-5-10/h3,6-7,10,17H,1-2,4-5,8-9H2,(H,18,19). The number of amides is 1. The molecule has 0 saturated heterocycles. The number of carbonyl (C=O) groups excluding carboxylic acids is 1. The van der Waals surface area contributed by atoms with E-state index in [1.165, 1.54) is 25.7 Å². The average Bonchev–Trinajstić information content (AvgIpc) is 2.87. The summed E-state index contributed by atoms with van der Waals surface area (Å²) in [7, 11) is 0. The van der Waals surface area contributed by atoms with Gasteiger partial charge in [-0.25, -0.2) is 0 Å². The molecule has 104 valence electrons. The van der Waals surface area contributed by atoms with Crippen LogP contribution in [0.3, 0.4) is 0 Å². The highest BCUT2D eigenvalue weighted by atomic mass is 35.5. The molecular weight excluding hydrogens is 283 g/mol. The lowest BCUT2D eigenvalue weighted by atomic mass is 10.2. The highest BCUT2D eigenvalue weighted by molar-refractivity contribution is 6.39. The van der Waals surface area contributed by atoms with Gasteiger partial charge in [-0.05, 0) is 25.0 Å². The molecule has 1 aliphatic rings. The largest absolute Gasteiger partial charge is 0.324 e. The minimum absolute atomic E-state index is 0.0690. The Kier molecular flexibility index (Phi) is 5.49. The molecule has 0 bridgehead atoms. The van der Waals surface area contributed by atoms with Crippen molar-refractivity contribution in [1.29, 1.82) is 0 Å². The molecule has 5 heteroatoms. The van der Waals surface area contributed by atoms with Crippen LogP contribution < -0.4 is 10.6 Å². The minimum Gasteiger partial charge on any atom is -0.324 e. The molecule has 2 N–H and O–H groups in total. The summed E-state index contributed by atoms with van der Waals surface area (Å²) in [6.45, 7) is 0.693. The Labute approximate surface area is 123 Å². The van der Waals surface area contributed by atoms with E-state index in [0.29, 0.717) is 34.7 Å². The van der Waals surface area contributed by atoms with Crippen molar-refractivity contribution in [3.63, 3.8) is 0 Å². The van der Waals surface area contributed by atoms with Crippen molar-refractivity contribution >= 4 is 34.8 Å². The van der Waals surface area contributed by atoms with Gasteiger partial charge in [0.15, 0.2) is 0 Å². The van der Waals surface area contributed by atoms with E-state index in [2.05, 4.69) is 10.6 Å². The third-order valence-electron chi connectivity index (χ3n) is 3.37. The number of anilines is 1. The van der Waals surface area contributed by atoms with Crippen molar-refractivity contribution < 1.29 is 4.79 Å². The molecule has 2 rings (SSSR count). The predicted octanol–water partition coefficient (Wildman–Crippen LogP) is 3.85. The van der Waals surface area contributed by atoms with Crippen LogP contribution in [-0.2, 0) is 4.79 Å². The molecule has 0 aromatic heterocycles. The summed E-state index contributed by atoms with van der Waals surface area (Å²) in [5.41, 5.74) is 0.497. The Balaban J connectivity index is 1.77. The zero-order chi connectivity index (χ0) is 13.7. The van der Waals surface area contributed by atoms with Gasteiger partial charge in [-0.15, -0.1) is 0 Å². The van der Waals surface area contributed by atoms with Crippen LogP contribution in [0.2, 0.25) is 10.0 Å². The minimum atomic E-state index is -0.0690. The van der Waals surface area contributed by atoms with Crippen molar-refractivity contribution in [2.45, 2.75) is 38.1 Å². The molecule has 1 aromatic carbocycles. The number of benzene rings is 1. The molecule has 0 aliphatic heterocycles. The highest BCUT2D eigenvalue weighted by Crippen LogP contribution is 2.29. The summed E-state index contributed by atoms with van der Waals surface area (Å²) in [6.07, 6.45) is 5.45. The molecule has 0 radical (unpaired) electrons. The second-order valence-corrected chi connectivity index (χ2v) is 5.64. The van der Waals surface area contributed by atoms with E-state index in [-0.39, 0.29) is 5.91 Å². The number of para-hydroxylation sites is 1. The SMILES string of the molecule is O=C(CCNC1CCCC1)Nc1c(Cl)cccc1Cl. The molecule has 3 nitrogen and oxygen atoms in total. The molecule has 0 heterocycles. The van der Waals surface area contributed by atoms with E-state index < -0.39 is 0 Å². The summed E-state index contributed by atoms with van der Waals surface area (Å²) < 4.78 is 0. The Hall–Kier alpha value is -0.770. The molecule has 1 aliphatic carbocycles. The lowest BCUT2D eigenvalue weighted by Crippen LogP contribution is -2.29. The van der Waals surface area contributed by atoms with Crippen LogP contribution in [0.5, 0.6) is 0 Å². The van der Waals surface area contributed by atoms with Crippen LogP contribution in [-0.4, -0.2) is 18.5 Å². The molecule has 0 atom stereocenters. The Morgan fingerprint density at radius 2 is 1.84 bits per heavy atom. The first kappa shape index (κ1) is 14.6. The summed E-state index contributed by atoms with van der Waals surface area (Å²) in [4.78, 5) is 11.8. The summed E-state index contributed by atoms with van der Waals surface area (Å²) in [6, 6.07) is 5.75. The number of hydrogen-bond donors (Lipinski definition) is 2. The molecule has 0 unspecified atom stereocenters. The maximum atomic E-state index is 11.8. The maximum Gasteiger partial charge on any atom is 0.225 e. The molecule has 1 saturated carbocycles. The topological polar surface area (TPSA) is 41.1 Å². The van der Waals surface area contributed by atoms with Gasteiger partial charge in [-0.2, -0.15) is 0 Å². The second kappa shape index (κ2) is 7.13. The van der Waals surface area contributed by atoms with E-state index >= 15 is 0 Å². The summed E-state index contributed by atoms with van der Waals surface area (Å²) in [5, 5.41) is 7.09. The Morgan fingerprint density at radius 3 is 2.47 bits per heavy atom. The smallest absolute Gasteiger partial charge is 0.225 e. The molecule has 1 amide bonds. The van der Waals surface area contributed by atoms with E-state index in [9.17, 15) is 4.79 Å². The highest BCUT2D eigenvalue weighted by Gasteiger charge is 2.14. The van der Waals surface area contributed by atoms with Crippen LogP contribution in [0.1, 0.15) is 32.1 Å². The van der Waals surface area contributed by atoms with Gasteiger partial charge in [-0.1, -0.05) is 42.1 Å². The molecular formula is C14H18Cl2N2O. The van der Waals surface area contributed by atoms with Gasteiger partial charge in [0, 0.05) is 19.0 Å². The third kappa shape index (κ3) is 4.37. The fourth-order valence-electron chi connectivity index (χ4n) is 2.34. The zero-order valence-electron chi connectivity index (χ0n) is 10.7. The van der Waals surface area contributed by atoms with E-state index in [1.807, 2.05) is 0 Å². The van der Waals surface area contributed by atoms with Crippen molar-refractivity contribution in [2.24, 2.45) is 0 Å². The summed E-state index contributed by atoms with van der Waals surface area (Å²) >= 11 is 12.0. The van der Waals surface area contributed by atoms with Crippen LogP contribution in [0, 0.1) is 0 Å². The van der Waals surface area contributed by atoms with Crippen molar-refractivity contribution in [3.05, 3.63) is 28.2 Å². The van der Waals surface area contributed by atoms with Crippen molar-refractivity contribution in [1.82, 2.24) is 5.32 Å². The van der Waals surface area contributed by atoms with Crippen LogP contribution >= 0.6 is 23.2 Å². The van der Waals surface area contributed by atoms with E-state index in [0.717, 1.165) is 0 Å². The predicted molar refractivity (Wildman–Crippen MR) is 80.0 cm³/mol.